The molecule has 0 spiro atoms. The topological polar surface area (TPSA) is 12.5 Å². The molecule has 0 N–H and O–H groups in total. The predicted molar refractivity (Wildman–Crippen MR) is 104 cm³/mol. The van der Waals surface area contributed by atoms with Crippen LogP contribution < -0.4 is 0 Å². The number of rotatable bonds is 7. The maximum atomic E-state index is 5.62. The van der Waals surface area contributed by atoms with Crippen molar-refractivity contribution in [2.24, 2.45) is 0 Å². The van der Waals surface area contributed by atoms with Gasteiger partial charge in [0.05, 0.1) is 0 Å². The van der Waals surface area contributed by atoms with Gasteiger partial charge in [-0.25, -0.2) is 0 Å². The number of allylic oxidation sites excluding steroid dienone is 3. The average Bonchev–Trinajstić information content (AvgIpc) is 2.65. The fourth-order valence-electron chi connectivity index (χ4n) is 3.09. The molecule has 0 saturated heterocycles. The number of hydrogen-bond acceptors (Lipinski definition) is 2. The van der Waals surface area contributed by atoms with Gasteiger partial charge in [-0.2, -0.15) is 0 Å². The van der Waals surface area contributed by atoms with Gasteiger partial charge in [-0.05, 0) is 34.8 Å². The molecule has 2 nitrogen and oxygen atoms in total. The molecule has 0 saturated carbocycles. The summed E-state index contributed by atoms with van der Waals surface area (Å²) in [6.45, 7) is 11.2. The van der Waals surface area contributed by atoms with E-state index in [1.165, 1.54) is 16.7 Å². The first-order valence-electron chi connectivity index (χ1n) is 8.72. The first-order chi connectivity index (χ1) is 12.2. The third-order valence-corrected chi connectivity index (χ3v) is 4.48. The Morgan fingerprint density at radius 1 is 1.04 bits per heavy atom. The van der Waals surface area contributed by atoms with Crippen LogP contribution in [0.5, 0.6) is 0 Å². The fraction of sp³-hybridized carbons (Fsp3) is 0.217. The molecule has 1 aliphatic heterocycles. The van der Waals surface area contributed by atoms with E-state index in [4.69, 9.17) is 4.74 Å². The number of ether oxygens (including phenoxy) is 1. The predicted octanol–water partition coefficient (Wildman–Crippen LogP) is 5.02. The third kappa shape index (κ3) is 4.94. The number of benzene rings is 2. The Morgan fingerprint density at radius 2 is 1.76 bits per heavy atom. The van der Waals surface area contributed by atoms with Gasteiger partial charge in [0, 0.05) is 19.6 Å². The molecule has 0 fully saturated rings. The second kappa shape index (κ2) is 8.50. The van der Waals surface area contributed by atoms with Crippen molar-refractivity contribution < 1.29 is 4.74 Å². The molecule has 0 radical (unpaired) electrons. The minimum absolute atomic E-state index is 0.539. The van der Waals surface area contributed by atoms with E-state index in [1.54, 1.807) is 6.08 Å². The van der Waals surface area contributed by atoms with Gasteiger partial charge in [-0.3, -0.25) is 4.90 Å². The Balaban J connectivity index is 1.52. The van der Waals surface area contributed by atoms with Crippen LogP contribution in [0.15, 0.2) is 85.7 Å². The molecule has 0 aromatic heterocycles. The number of hydrogen-bond donors (Lipinski definition) is 0. The van der Waals surface area contributed by atoms with Crippen molar-refractivity contribution in [3.63, 3.8) is 0 Å². The Morgan fingerprint density at radius 3 is 2.52 bits per heavy atom. The SMILES string of the molecule is C=CC=CC(=C)OCc1ccc(CN2CCc3ccccc3C2)cc1. The molecule has 0 unspecified atom stereocenters. The Labute approximate surface area is 150 Å². The highest BCUT2D eigenvalue weighted by molar-refractivity contribution is 5.29. The summed E-state index contributed by atoms with van der Waals surface area (Å²) in [5, 5.41) is 0. The lowest BCUT2D eigenvalue weighted by Crippen LogP contribution is -2.29. The molecule has 0 atom stereocenters. The van der Waals surface area contributed by atoms with Crippen molar-refractivity contribution in [2.75, 3.05) is 6.54 Å². The minimum Gasteiger partial charge on any atom is -0.490 e. The van der Waals surface area contributed by atoms with E-state index in [-0.39, 0.29) is 0 Å². The maximum absolute atomic E-state index is 5.62. The van der Waals surface area contributed by atoms with Gasteiger partial charge in [0.2, 0.25) is 0 Å². The lowest BCUT2D eigenvalue weighted by Gasteiger charge is -2.28. The van der Waals surface area contributed by atoms with Crippen molar-refractivity contribution in [2.45, 2.75) is 26.1 Å². The zero-order valence-electron chi connectivity index (χ0n) is 14.7. The summed E-state index contributed by atoms with van der Waals surface area (Å²) in [4.78, 5) is 2.51. The van der Waals surface area contributed by atoms with Crippen molar-refractivity contribution in [3.05, 3.63) is 108 Å². The van der Waals surface area contributed by atoms with Crippen LogP contribution >= 0.6 is 0 Å². The van der Waals surface area contributed by atoms with Crippen molar-refractivity contribution >= 4 is 0 Å². The first kappa shape index (κ1) is 17.2. The van der Waals surface area contributed by atoms with Gasteiger partial charge in [-0.15, -0.1) is 0 Å². The van der Waals surface area contributed by atoms with E-state index in [0.29, 0.717) is 12.4 Å². The van der Waals surface area contributed by atoms with Crippen molar-refractivity contribution in [1.29, 1.82) is 0 Å². The molecule has 0 aliphatic carbocycles. The van der Waals surface area contributed by atoms with Gasteiger partial charge in [0.15, 0.2) is 0 Å². The summed E-state index contributed by atoms with van der Waals surface area (Å²) in [5.74, 6) is 0.649. The smallest absolute Gasteiger partial charge is 0.113 e. The summed E-state index contributed by atoms with van der Waals surface area (Å²) < 4.78 is 5.62. The molecular formula is C23H25NO. The minimum atomic E-state index is 0.539. The zero-order valence-corrected chi connectivity index (χ0v) is 14.7. The molecule has 2 heteroatoms. The number of fused-ring (bicyclic) bond motifs is 1. The Kier molecular flexibility index (Phi) is 5.86. The van der Waals surface area contributed by atoms with Crippen LogP contribution in [0, 0.1) is 0 Å². The van der Waals surface area contributed by atoms with Crippen molar-refractivity contribution in [1.82, 2.24) is 4.90 Å². The van der Waals surface area contributed by atoms with Gasteiger partial charge >= 0.3 is 0 Å². The average molecular weight is 331 g/mol. The molecule has 0 amide bonds. The highest BCUT2D eigenvalue weighted by Gasteiger charge is 2.15. The summed E-state index contributed by atoms with van der Waals surface area (Å²) in [6.07, 6.45) is 6.49. The highest BCUT2D eigenvalue weighted by Crippen LogP contribution is 2.20. The van der Waals surface area contributed by atoms with Gasteiger partial charge in [-0.1, -0.05) is 73.8 Å². The molecule has 1 heterocycles. The van der Waals surface area contributed by atoms with Gasteiger partial charge in [0.25, 0.3) is 0 Å². The van der Waals surface area contributed by atoms with E-state index >= 15 is 0 Å². The molecule has 1 aliphatic rings. The Bertz CT molecular complexity index is 758. The molecular weight excluding hydrogens is 306 g/mol. The quantitative estimate of drug-likeness (QED) is 0.522. The summed E-state index contributed by atoms with van der Waals surface area (Å²) in [6, 6.07) is 17.4. The van der Waals surface area contributed by atoms with Gasteiger partial charge < -0.3 is 4.74 Å². The van der Waals surface area contributed by atoms with E-state index in [0.717, 1.165) is 31.6 Å². The largest absolute Gasteiger partial charge is 0.490 e. The number of nitrogens with zero attached hydrogens (tertiary/aromatic N) is 1. The van der Waals surface area contributed by atoms with Crippen LogP contribution in [0.25, 0.3) is 0 Å². The van der Waals surface area contributed by atoms with Crippen LogP contribution in [0.4, 0.5) is 0 Å². The lowest BCUT2D eigenvalue weighted by molar-refractivity contribution is 0.212. The van der Waals surface area contributed by atoms with Crippen molar-refractivity contribution in [3.8, 4) is 0 Å². The lowest BCUT2D eigenvalue weighted by atomic mass is 9.99. The van der Waals surface area contributed by atoms with E-state index in [1.807, 2.05) is 12.2 Å². The molecule has 25 heavy (non-hydrogen) atoms. The van der Waals surface area contributed by atoms with E-state index in [2.05, 4.69) is 66.6 Å². The standard InChI is InChI=1S/C23H25NO/c1-3-4-7-19(2)25-18-21-12-10-20(11-13-21)16-24-15-14-22-8-5-6-9-23(22)17-24/h3-13H,1-2,14-18H2. The van der Waals surface area contributed by atoms with E-state index < -0.39 is 0 Å². The van der Waals surface area contributed by atoms with Crippen LogP contribution in [0.1, 0.15) is 22.3 Å². The second-order valence-corrected chi connectivity index (χ2v) is 6.40. The normalized spacial score (nSPS) is 14.2. The summed E-state index contributed by atoms with van der Waals surface area (Å²) >= 11 is 0. The first-order valence-corrected chi connectivity index (χ1v) is 8.72. The Hall–Kier alpha value is -2.58. The van der Waals surface area contributed by atoms with Crippen LogP contribution in [0.3, 0.4) is 0 Å². The summed E-state index contributed by atoms with van der Waals surface area (Å²) in [5.41, 5.74) is 5.45. The van der Waals surface area contributed by atoms with Crippen LogP contribution in [-0.2, 0) is 30.9 Å². The fourth-order valence-corrected chi connectivity index (χ4v) is 3.09. The molecule has 128 valence electrons. The molecule has 2 aromatic rings. The maximum Gasteiger partial charge on any atom is 0.113 e. The van der Waals surface area contributed by atoms with Crippen LogP contribution in [-0.4, -0.2) is 11.4 Å². The second-order valence-electron chi connectivity index (χ2n) is 6.40. The summed E-state index contributed by atoms with van der Waals surface area (Å²) in [7, 11) is 0. The van der Waals surface area contributed by atoms with E-state index in [9.17, 15) is 0 Å². The zero-order chi connectivity index (χ0) is 17.5. The highest BCUT2D eigenvalue weighted by atomic mass is 16.5. The van der Waals surface area contributed by atoms with Gasteiger partial charge in [0.1, 0.15) is 12.4 Å². The molecule has 0 bridgehead atoms. The van der Waals surface area contributed by atoms with Crippen LogP contribution in [0.2, 0.25) is 0 Å². The monoisotopic (exact) mass is 331 g/mol. The molecule has 3 rings (SSSR count). The molecule has 2 aromatic carbocycles. The third-order valence-electron chi connectivity index (χ3n) is 4.48.